The Kier molecular flexibility index (Phi) is 6.05. The van der Waals surface area contributed by atoms with Crippen LogP contribution in [-0.4, -0.2) is 51.3 Å². The number of amides is 1. The Hall–Kier alpha value is -2.78. The Morgan fingerprint density at radius 3 is 2.75 bits per heavy atom. The van der Waals surface area contributed by atoms with Crippen LogP contribution in [0.25, 0.3) is 16.2 Å². The number of nitro groups is 1. The van der Waals surface area contributed by atoms with Crippen molar-refractivity contribution in [2.24, 2.45) is 0 Å². The topological polar surface area (TPSA) is 92.8 Å². The molecule has 8 nitrogen and oxygen atoms in total. The largest absolute Gasteiger partial charge is 0.350 e. The number of imidazole rings is 1. The lowest BCUT2D eigenvalue weighted by molar-refractivity contribution is -0.384. The second kappa shape index (κ2) is 8.49. The Balaban J connectivity index is 1.78. The Morgan fingerprint density at radius 2 is 2.11 bits per heavy atom. The number of thiazole rings is 1. The van der Waals surface area contributed by atoms with Gasteiger partial charge in [0.25, 0.3) is 11.6 Å². The molecule has 0 aliphatic heterocycles. The summed E-state index contributed by atoms with van der Waals surface area (Å²) in [6.45, 7) is 9.40. The highest BCUT2D eigenvalue weighted by Gasteiger charge is 2.18. The summed E-state index contributed by atoms with van der Waals surface area (Å²) in [5, 5.41) is 14.0. The molecule has 0 spiro atoms. The smallest absolute Gasteiger partial charge is 0.270 e. The van der Waals surface area contributed by atoms with E-state index in [2.05, 4.69) is 29.0 Å². The van der Waals surface area contributed by atoms with Crippen LogP contribution in [0.2, 0.25) is 0 Å². The zero-order valence-electron chi connectivity index (χ0n) is 16.1. The molecule has 1 N–H and O–H groups in total. The highest BCUT2D eigenvalue weighted by molar-refractivity contribution is 7.19. The summed E-state index contributed by atoms with van der Waals surface area (Å²) >= 11 is 1.32. The Morgan fingerprint density at radius 1 is 1.36 bits per heavy atom. The number of carbonyl (C=O) groups excluding carboxylic acids is 1. The van der Waals surface area contributed by atoms with E-state index in [1.54, 1.807) is 12.1 Å². The van der Waals surface area contributed by atoms with E-state index in [0.717, 1.165) is 25.3 Å². The molecule has 0 aliphatic rings. The van der Waals surface area contributed by atoms with Crippen molar-refractivity contribution >= 4 is 27.9 Å². The summed E-state index contributed by atoms with van der Waals surface area (Å²) in [5.41, 5.74) is 2.16. The average molecular weight is 401 g/mol. The van der Waals surface area contributed by atoms with Crippen molar-refractivity contribution < 1.29 is 9.72 Å². The highest BCUT2D eigenvalue weighted by Crippen LogP contribution is 2.28. The first-order chi connectivity index (χ1) is 13.4. The number of aromatic nitrogens is 2. The maximum absolute atomic E-state index is 12.5. The van der Waals surface area contributed by atoms with E-state index in [4.69, 9.17) is 0 Å². The molecular weight excluding hydrogens is 378 g/mol. The van der Waals surface area contributed by atoms with Gasteiger partial charge in [-0.25, -0.2) is 4.98 Å². The number of nitrogens with zero attached hydrogens (tertiary/aromatic N) is 4. The molecule has 0 radical (unpaired) electrons. The number of nitro benzene ring substituents is 1. The molecule has 0 saturated heterocycles. The minimum atomic E-state index is -0.423. The molecule has 0 aliphatic carbocycles. The molecule has 2 heterocycles. The van der Waals surface area contributed by atoms with Gasteiger partial charge in [-0.15, -0.1) is 0 Å². The summed E-state index contributed by atoms with van der Waals surface area (Å²) in [5.74, 6) is -0.0999. The fourth-order valence-corrected chi connectivity index (χ4v) is 4.05. The number of hydrogen-bond donors (Lipinski definition) is 1. The standard InChI is InChI=1S/C19H23N5O3S/c1-4-22(5-2)10-9-20-18(25)17-13(3)23-12-16(21-19(23)28-17)14-7-6-8-15(11-14)24(26)27/h6-8,11-12H,4-5,9-10H2,1-3H3,(H,20,25). The molecule has 0 fully saturated rings. The molecule has 0 saturated carbocycles. The third kappa shape index (κ3) is 4.05. The van der Waals surface area contributed by atoms with Gasteiger partial charge in [0.2, 0.25) is 0 Å². The van der Waals surface area contributed by atoms with Crippen LogP contribution < -0.4 is 5.32 Å². The number of nitrogens with one attached hydrogen (secondary N) is 1. The maximum Gasteiger partial charge on any atom is 0.270 e. The number of non-ortho nitro benzene ring substituents is 1. The molecule has 1 aromatic carbocycles. The highest BCUT2D eigenvalue weighted by atomic mass is 32.1. The van der Waals surface area contributed by atoms with E-state index in [1.807, 2.05) is 17.5 Å². The number of hydrogen-bond acceptors (Lipinski definition) is 6. The molecular formula is C19H23N5O3S. The van der Waals surface area contributed by atoms with Crippen molar-refractivity contribution in [3.63, 3.8) is 0 Å². The van der Waals surface area contributed by atoms with Crippen molar-refractivity contribution in [2.45, 2.75) is 20.8 Å². The molecule has 148 valence electrons. The fourth-order valence-electron chi connectivity index (χ4n) is 3.03. The van der Waals surface area contributed by atoms with Crippen LogP contribution in [0.4, 0.5) is 5.69 Å². The zero-order valence-corrected chi connectivity index (χ0v) is 17.0. The van der Waals surface area contributed by atoms with Gasteiger partial charge in [0.1, 0.15) is 4.88 Å². The van der Waals surface area contributed by atoms with Crippen LogP contribution in [-0.2, 0) is 0 Å². The average Bonchev–Trinajstić information content (AvgIpc) is 3.25. The van der Waals surface area contributed by atoms with Gasteiger partial charge in [-0.2, -0.15) is 0 Å². The first-order valence-electron chi connectivity index (χ1n) is 9.18. The van der Waals surface area contributed by atoms with Crippen LogP contribution >= 0.6 is 11.3 Å². The monoisotopic (exact) mass is 401 g/mol. The predicted molar refractivity (Wildman–Crippen MR) is 110 cm³/mol. The van der Waals surface area contributed by atoms with E-state index in [0.29, 0.717) is 27.6 Å². The van der Waals surface area contributed by atoms with Gasteiger partial charge in [-0.1, -0.05) is 37.3 Å². The lowest BCUT2D eigenvalue weighted by atomic mass is 10.1. The molecule has 0 bridgehead atoms. The van der Waals surface area contributed by atoms with E-state index in [-0.39, 0.29) is 11.6 Å². The van der Waals surface area contributed by atoms with Gasteiger partial charge in [-0.3, -0.25) is 19.3 Å². The van der Waals surface area contributed by atoms with Crippen LogP contribution in [0.1, 0.15) is 29.2 Å². The van der Waals surface area contributed by atoms with Gasteiger partial charge < -0.3 is 10.2 Å². The van der Waals surface area contributed by atoms with Crippen molar-refractivity contribution in [1.29, 1.82) is 0 Å². The molecule has 28 heavy (non-hydrogen) atoms. The van der Waals surface area contributed by atoms with Gasteiger partial charge in [0, 0.05) is 42.7 Å². The second-order valence-corrected chi connectivity index (χ2v) is 7.36. The van der Waals surface area contributed by atoms with Gasteiger partial charge in [0.05, 0.1) is 10.6 Å². The summed E-state index contributed by atoms with van der Waals surface area (Å²) in [6, 6.07) is 6.38. The van der Waals surface area contributed by atoms with E-state index in [1.165, 1.54) is 23.5 Å². The Labute approximate surface area is 167 Å². The molecule has 0 atom stereocenters. The van der Waals surface area contributed by atoms with Gasteiger partial charge in [0.15, 0.2) is 4.96 Å². The summed E-state index contributed by atoms with van der Waals surface area (Å²) in [6.07, 6.45) is 1.81. The van der Waals surface area contributed by atoms with Crippen molar-refractivity contribution in [3.05, 3.63) is 51.1 Å². The second-order valence-electron chi connectivity index (χ2n) is 6.39. The molecule has 2 aromatic heterocycles. The van der Waals surface area contributed by atoms with Crippen LogP contribution in [0.3, 0.4) is 0 Å². The normalized spacial score (nSPS) is 11.3. The quantitative estimate of drug-likeness (QED) is 0.461. The van der Waals surface area contributed by atoms with E-state index < -0.39 is 4.92 Å². The van der Waals surface area contributed by atoms with E-state index in [9.17, 15) is 14.9 Å². The minimum Gasteiger partial charge on any atom is -0.350 e. The zero-order chi connectivity index (χ0) is 20.3. The molecule has 3 aromatic rings. The summed E-state index contributed by atoms with van der Waals surface area (Å²) < 4.78 is 1.86. The molecule has 3 rings (SSSR count). The summed E-state index contributed by atoms with van der Waals surface area (Å²) in [7, 11) is 0. The Bertz CT molecular complexity index is 1010. The minimum absolute atomic E-state index is 0.0267. The van der Waals surface area contributed by atoms with Crippen LogP contribution in [0, 0.1) is 17.0 Å². The van der Waals surface area contributed by atoms with Gasteiger partial charge in [-0.05, 0) is 20.0 Å². The SMILES string of the molecule is CCN(CC)CCNC(=O)c1sc2nc(-c3cccc([N+](=O)[O-])c3)cn2c1C. The molecule has 9 heteroatoms. The maximum atomic E-state index is 12.5. The molecule has 1 amide bonds. The molecule has 0 unspecified atom stereocenters. The van der Waals surface area contributed by atoms with E-state index >= 15 is 0 Å². The first-order valence-corrected chi connectivity index (χ1v) is 10.00. The number of carbonyl (C=O) groups is 1. The van der Waals surface area contributed by atoms with Crippen molar-refractivity contribution in [3.8, 4) is 11.3 Å². The first kappa shape index (κ1) is 20.0. The number of fused-ring (bicyclic) bond motifs is 1. The lowest BCUT2D eigenvalue weighted by Crippen LogP contribution is -2.34. The summed E-state index contributed by atoms with van der Waals surface area (Å²) in [4.78, 5) is 31.2. The number of rotatable bonds is 8. The lowest BCUT2D eigenvalue weighted by Gasteiger charge is -2.17. The fraction of sp³-hybridized carbons (Fsp3) is 0.368. The predicted octanol–water partition coefficient (Wildman–Crippen LogP) is 3.35. The van der Waals surface area contributed by atoms with Crippen LogP contribution in [0.5, 0.6) is 0 Å². The number of likely N-dealkylation sites (N-methyl/N-ethyl adjacent to an activating group) is 1. The third-order valence-electron chi connectivity index (χ3n) is 4.72. The van der Waals surface area contributed by atoms with Crippen LogP contribution in [0.15, 0.2) is 30.5 Å². The van der Waals surface area contributed by atoms with Crippen molar-refractivity contribution in [1.82, 2.24) is 19.6 Å². The third-order valence-corrected chi connectivity index (χ3v) is 5.88. The number of benzene rings is 1. The van der Waals surface area contributed by atoms with Crippen molar-refractivity contribution in [2.75, 3.05) is 26.2 Å². The number of aryl methyl sites for hydroxylation is 1. The van der Waals surface area contributed by atoms with Gasteiger partial charge >= 0.3 is 0 Å².